The Morgan fingerprint density at radius 3 is 2.32 bits per heavy atom. The van der Waals surface area contributed by atoms with Crippen LogP contribution in [0.4, 0.5) is 5.82 Å². The van der Waals surface area contributed by atoms with Gasteiger partial charge in [-0.05, 0) is 35.2 Å². The summed E-state index contributed by atoms with van der Waals surface area (Å²) in [5.41, 5.74) is 1.01. The van der Waals surface area contributed by atoms with Crippen LogP contribution in [0.5, 0.6) is 0 Å². The Morgan fingerprint density at radius 2 is 1.76 bits per heavy atom. The van der Waals surface area contributed by atoms with Gasteiger partial charge in [0.15, 0.2) is 0 Å². The van der Waals surface area contributed by atoms with Crippen LogP contribution in [0.2, 0.25) is 0 Å². The molecule has 0 radical (unpaired) electrons. The van der Waals surface area contributed by atoms with Crippen molar-refractivity contribution in [3.63, 3.8) is 0 Å². The van der Waals surface area contributed by atoms with Crippen molar-refractivity contribution in [1.29, 1.82) is 0 Å². The normalized spacial score (nSPS) is 12.0. The molecule has 134 valence electrons. The summed E-state index contributed by atoms with van der Waals surface area (Å²) in [6, 6.07) is 11.9. The third kappa shape index (κ3) is 5.65. The fraction of sp³-hybridized carbons (Fsp3) is 0.333. The molecule has 25 heavy (non-hydrogen) atoms. The number of rotatable bonds is 6. The number of pyridine rings is 1. The summed E-state index contributed by atoms with van der Waals surface area (Å²) in [7, 11) is -3.64. The largest absolute Gasteiger partial charge is 0.311 e. The predicted molar refractivity (Wildman–Crippen MR) is 97.8 cm³/mol. The Labute approximate surface area is 148 Å². The van der Waals surface area contributed by atoms with E-state index in [0.717, 1.165) is 5.56 Å². The lowest BCUT2D eigenvalue weighted by Crippen LogP contribution is -2.28. The highest BCUT2D eigenvalue weighted by Gasteiger charge is 2.17. The van der Waals surface area contributed by atoms with Gasteiger partial charge in [0.1, 0.15) is 5.82 Å². The van der Waals surface area contributed by atoms with Crippen LogP contribution in [0, 0.1) is 0 Å². The number of hydrogen-bond acceptors (Lipinski definition) is 4. The zero-order valence-corrected chi connectivity index (χ0v) is 15.4. The van der Waals surface area contributed by atoms with Gasteiger partial charge in [0, 0.05) is 19.2 Å². The first kappa shape index (κ1) is 19.1. The van der Waals surface area contributed by atoms with E-state index in [1.54, 1.807) is 36.5 Å². The molecule has 0 unspecified atom stereocenters. The lowest BCUT2D eigenvalue weighted by molar-refractivity contribution is -0.116. The highest BCUT2D eigenvalue weighted by molar-refractivity contribution is 7.89. The van der Waals surface area contributed by atoms with Crippen molar-refractivity contribution < 1.29 is 13.2 Å². The molecule has 0 fully saturated rings. The molecule has 0 aliphatic carbocycles. The zero-order chi connectivity index (χ0) is 18.5. The molecule has 0 spiro atoms. The lowest BCUT2D eigenvalue weighted by atomic mass is 9.87. The lowest BCUT2D eigenvalue weighted by Gasteiger charge is -2.19. The highest BCUT2D eigenvalue weighted by Crippen LogP contribution is 2.23. The maximum Gasteiger partial charge on any atom is 0.240 e. The SMILES string of the molecule is CC(C)(C)c1ccc(S(=O)(=O)NCCC(=O)Nc2ccccn2)cc1. The number of sulfonamides is 1. The van der Waals surface area contributed by atoms with Gasteiger partial charge in [-0.3, -0.25) is 4.79 Å². The molecule has 0 saturated carbocycles. The van der Waals surface area contributed by atoms with E-state index in [0.29, 0.717) is 5.82 Å². The average Bonchev–Trinajstić information content (AvgIpc) is 2.55. The fourth-order valence-corrected chi connectivity index (χ4v) is 3.19. The molecule has 0 saturated heterocycles. The third-order valence-electron chi connectivity index (χ3n) is 3.61. The van der Waals surface area contributed by atoms with E-state index < -0.39 is 10.0 Å². The van der Waals surface area contributed by atoms with E-state index in [2.05, 4.69) is 35.8 Å². The number of aromatic nitrogens is 1. The molecule has 1 heterocycles. The maximum atomic E-state index is 12.3. The minimum atomic E-state index is -3.64. The van der Waals surface area contributed by atoms with Gasteiger partial charge in [-0.25, -0.2) is 18.1 Å². The number of nitrogens with one attached hydrogen (secondary N) is 2. The minimum absolute atomic E-state index is 0.0159. The number of carbonyl (C=O) groups excluding carboxylic acids is 1. The van der Waals surface area contributed by atoms with Gasteiger partial charge in [-0.15, -0.1) is 0 Å². The topological polar surface area (TPSA) is 88.2 Å². The maximum absolute atomic E-state index is 12.3. The summed E-state index contributed by atoms with van der Waals surface area (Å²) in [5.74, 6) is 0.137. The fourth-order valence-electron chi connectivity index (χ4n) is 2.16. The van der Waals surface area contributed by atoms with Crippen molar-refractivity contribution in [3.8, 4) is 0 Å². The van der Waals surface area contributed by atoms with Gasteiger partial charge in [-0.1, -0.05) is 39.0 Å². The molecule has 2 aromatic rings. The van der Waals surface area contributed by atoms with E-state index in [4.69, 9.17) is 0 Å². The standard InChI is InChI=1S/C18H23N3O3S/c1-18(2,3)14-7-9-15(10-8-14)25(23,24)20-13-11-17(22)21-16-6-4-5-12-19-16/h4-10,12,20H,11,13H2,1-3H3,(H,19,21,22). The molecule has 0 bridgehead atoms. The Bertz CT molecular complexity index is 811. The van der Waals surface area contributed by atoms with Gasteiger partial charge in [0.25, 0.3) is 0 Å². The highest BCUT2D eigenvalue weighted by atomic mass is 32.2. The molecular formula is C18H23N3O3S. The van der Waals surface area contributed by atoms with E-state index >= 15 is 0 Å². The monoisotopic (exact) mass is 361 g/mol. The molecule has 0 atom stereocenters. The summed E-state index contributed by atoms with van der Waals surface area (Å²) in [4.78, 5) is 16.0. The molecule has 6 nitrogen and oxygen atoms in total. The van der Waals surface area contributed by atoms with Crippen molar-refractivity contribution >= 4 is 21.7 Å². The second-order valence-electron chi connectivity index (χ2n) is 6.69. The second kappa shape index (κ2) is 7.76. The minimum Gasteiger partial charge on any atom is -0.311 e. The zero-order valence-electron chi connectivity index (χ0n) is 14.6. The number of anilines is 1. The average molecular weight is 361 g/mol. The van der Waals surface area contributed by atoms with Crippen LogP contribution < -0.4 is 10.0 Å². The number of hydrogen-bond donors (Lipinski definition) is 2. The molecule has 2 rings (SSSR count). The number of carbonyl (C=O) groups is 1. The summed E-state index contributed by atoms with van der Waals surface area (Å²) in [6.07, 6.45) is 1.59. The summed E-state index contributed by atoms with van der Waals surface area (Å²) in [5, 5.41) is 2.61. The predicted octanol–water partition coefficient (Wildman–Crippen LogP) is 2.69. The molecule has 7 heteroatoms. The van der Waals surface area contributed by atoms with Crippen molar-refractivity contribution in [2.24, 2.45) is 0 Å². The summed E-state index contributed by atoms with van der Waals surface area (Å²) < 4.78 is 27.0. The van der Waals surface area contributed by atoms with E-state index in [1.807, 2.05) is 12.1 Å². The van der Waals surface area contributed by atoms with Gasteiger partial charge < -0.3 is 5.32 Å². The summed E-state index contributed by atoms with van der Waals surface area (Å²) in [6.45, 7) is 6.21. The van der Waals surface area contributed by atoms with Gasteiger partial charge in [-0.2, -0.15) is 0 Å². The Morgan fingerprint density at radius 1 is 1.08 bits per heavy atom. The van der Waals surface area contributed by atoms with Crippen LogP contribution in [-0.2, 0) is 20.2 Å². The molecule has 1 aromatic heterocycles. The number of nitrogens with zero attached hydrogens (tertiary/aromatic N) is 1. The molecule has 2 N–H and O–H groups in total. The van der Waals surface area contributed by atoms with E-state index in [9.17, 15) is 13.2 Å². The van der Waals surface area contributed by atoms with Crippen LogP contribution >= 0.6 is 0 Å². The first-order valence-corrected chi connectivity index (χ1v) is 9.48. The Balaban J connectivity index is 1.90. The second-order valence-corrected chi connectivity index (χ2v) is 8.45. The van der Waals surface area contributed by atoms with Crippen LogP contribution in [0.3, 0.4) is 0 Å². The first-order valence-electron chi connectivity index (χ1n) is 7.99. The number of amides is 1. The van der Waals surface area contributed by atoms with Crippen LogP contribution in [-0.4, -0.2) is 25.9 Å². The first-order chi connectivity index (χ1) is 11.7. The van der Waals surface area contributed by atoms with Gasteiger partial charge >= 0.3 is 0 Å². The van der Waals surface area contributed by atoms with Gasteiger partial charge in [0.05, 0.1) is 4.90 Å². The quantitative estimate of drug-likeness (QED) is 0.828. The van der Waals surface area contributed by atoms with Crippen molar-refractivity contribution in [2.45, 2.75) is 37.5 Å². The van der Waals surface area contributed by atoms with E-state index in [-0.39, 0.29) is 29.2 Å². The van der Waals surface area contributed by atoms with Gasteiger partial charge in [0.2, 0.25) is 15.9 Å². The molecule has 1 aromatic carbocycles. The molecule has 0 aliphatic heterocycles. The van der Waals surface area contributed by atoms with Crippen molar-refractivity contribution in [3.05, 3.63) is 54.2 Å². The van der Waals surface area contributed by atoms with Crippen LogP contribution in [0.1, 0.15) is 32.8 Å². The van der Waals surface area contributed by atoms with Crippen LogP contribution in [0.15, 0.2) is 53.6 Å². The molecule has 1 amide bonds. The Kier molecular flexibility index (Phi) is 5.92. The number of benzene rings is 1. The van der Waals surface area contributed by atoms with Crippen LogP contribution in [0.25, 0.3) is 0 Å². The molecule has 0 aliphatic rings. The summed E-state index contributed by atoms with van der Waals surface area (Å²) >= 11 is 0. The van der Waals surface area contributed by atoms with E-state index in [1.165, 1.54) is 0 Å². The smallest absolute Gasteiger partial charge is 0.240 e. The van der Waals surface area contributed by atoms with Crippen molar-refractivity contribution in [1.82, 2.24) is 9.71 Å². The Hall–Kier alpha value is -2.25. The van der Waals surface area contributed by atoms with Crippen molar-refractivity contribution in [2.75, 3.05) is 11.9 Å². The third-order valence-corrected chi connectivity index (χ3v) is 5.08. The molecular weight excluding hydrogens is 338 g/mol.